The topological polar surface area (TPSA) is 155 Å². The third-order valence-electron chi connectivity index (χ3n) is 5.28. The van der Waals surface area contributed by atoms with Gasteiger partial charge in [0.05, 0.1) is 23.7 Å². The van der Waals surface area contributed by atoms with Gasteiger partial charge in [-0.15, -0.1) is 0 Å². The number of hydrogen-bond acceptors (Lipinski definition) is 9. The molecule has 0 aliphatic carbocycles. The van der Waals surface area contributed by atoms with Gasteiger partial charge in [0.25, 0.3) is 5.69 Å². The van der Waals surface area contributed by atoms with Crippen LogP contribution in [0.15, 0.2) is 91.0 Å². The summed E-state index contributed by atoms with van der Waals surface area (Å²) >= 11 is 11.8. The van der Waals surface area contributed by atoms with Gasteiger partial charge in [-0.1, -0.05) is 47.5 Å². The number of anilines is 2. The van der Waals surface area contributed by atoms with Crippen molar-refractivity contribution in [2.75, 3.05) is 24.4 Å². The molecule has 14 heteroatoms. The molecule has 0 aliphatic heterocycles. The Bertz CT molecular complexity index is 1640. The molecule has 0 heterocycles. The Kier molecular flexibility index (Phi) is 12.3. The highest BCUT2D eigenvalue weighted by Crippen LogP contribution is 2.33. The molecule has 2 amide bonds. The first-order chi connectivity index (χ1) is 21.1. The number of carbonyl (C=O) groups excluding carboxylic acids is 3. The number of halogens is 2. The number of nitrogens with one attached hydrogen (secondary N) is 2. The van der Waals surface area contributed by atoms with Crippen LogP contribution in [0.2, 0.25) is 10.0 Å². The molecule has 2 N–H and O–H groups in total. The second-order valence-electron chi connectivity index (χ2n) is 8.36. The van der Waals surface area contributed by atoms with Gasteiger partial charge in [0.2, 0.25) is 0 Å². The predicted octanol–water partition coefficient (Wildman–Crippen LogP) is 8.35. The molecule has 0 bridgehead atoms. The highest BCUT2D eigenvalue weighted by molar-refractivity contribution is 6.35. The molecule has 4 aromatic rings. The van der Waals surface area contributed by atoms with Gasteiger partial charge in [0.15, 0.2) is 0 Å². The summed E-state index contributed by atoms with van der Waals surface area (Å²) in [5.74, 6) is -0.0203. The Balaban J connectivity index is 0.000000240. The molecule has 0 aromatic heterocycles. The van der Waals surface area contributed by atoms with Crippen molar-refractivity contribution < 1.29 is 38.3 Å². The number of nitro benzene ring substituents is 1. The summed E-state index contributed by atoms with van der Waals surface area (Å²) in [5.41, 5.74) is 0.522. The van der Waals surface area contributed by atoms with Crippen LogP contribution in [-0.2, 0) is 9.47 Å². The third-order valence-corrected chi connectivity index (χ3v) is 5.81. The minimum absolute atomic E-state index is 0.204. The van der Waals surface area contributed by atoms with Gasteiger partial charge in [-0.3, -0.25) is 20.7 Å². The van der Waals surface area contributed by atoms with Crippen molar-refractivity contribution in [3.05, 3.63) is 117 Å². The number of carbonyl (C=O) groups is 3. The van der Waals surface area contributed by atoms with Crippen LogP contribution in [0.1, 0.15) is 17.3 Å². The van der Waals surface area contributed by atoms with E-state index in [1.165, 1.54) is 24.3 Å². The van der Waals surface area contributed by atoms with Crippen LogP contribution in [-0.4, -0.2) is 36.8 Å². The molecule has 44 heavy (non-hydrogen) atoms. The first kappa shape index (κ1) is 33.2. The summed E-state index contributed by atoms with van der Waals surface area (Å²) in [6, 6.07) is 23.8. The van der Waals surface area contributed by atoms with E-state index in [2.05, 4.69) is 15.4 Å². The molecule has 4 rings (SSSR count). The van der Waals surface area contributed by atoms with Crippen molar-refractivity contribution in [2.24, 2.45) is 0 Å². The number of amides is 2. The summed E-state index contributed by atoms with van der Waals surface area (Å²) in [6.45, 7) is 1.99. The largest absolute Gasteiger partial charge is 0.465 e. The number of methoxy groups -OCH3 is 1. The zero-order valence-electron chi connectivity index (χ0n) is 23.2. The second-order valence-corrected chi connectivity index (χ2v) is 9.20. The van der Waals surface area contributed by atoms with Gasteiger partial charge in [-0.05, 0) is 55.5 Å². The average molecular weight is 642 g/mol. The zero-order chi connectivity index (χ0) is 32.1. The van der Waals surface area contributed by atoms with E-state index in [0.29, 0.717) is 27.9 Å². The Morgan fingerprint density at radius 2 is 1.52 bits per heavy atom. The van der Waals surface area contributed by atoms with Gasteiger partial charge in [0, 0.05) is 34.6 Å². The van der Waals surface area contributed by atoms with E-state index < -0.39 is 23.1 Å². The first-order valence-electron chi connectivity index (χ1n) is 12.7. The van der Waals surface area contributed by atoms with Gasteiger partial charge < -0.3 is 18.9 Å². The summed E-state index contributed by atoms with van der Waals surface area (Å²) in [4.78, 5) is 45.0. The van der Waals surface area contributed by atoms with Crippen molar-refractivity contribution in [3.8, 4) is 17.2 Å². The number of para-hydroxylation sites is 1. The first-order valence-corrected chi connectivity index (χ1v) is 13.4. The molecule has 0 saturated heterocycles. The fourth-order valence-electron chi connectivity index (χ4n) is 3.39. The Morgan fingerprint density at radius 3 is 2.18 bits per heavy atom. The van der Waals surface area contributed by atoms with Gasteiger partial charge >= 0.3 is 18.2 Å². The van der Waals surface area contributed by atoms with E-state index in [1.807, 2.05) is 6.07 Å². The van der Waals surface area contributed by atoms with E-state index >= 15 is 0 Å². The van der Waals surface area contributed by atoms with E-state index in [4.69, 9.17) is 37.4 Å². The van der Waals surface area contributed by atoms with E-state index in [-0.39, 0.29) is 28.6 Å². The molecular weight excluding hydrogens is 617 g/mol. The molecule has 0 spiro atoms. The number of esters is 1. The summed E-state index contributed by atoms with van der Waals surface area (Å²) in [5, 5.41) is 16.8. The van der Waals surface area contributed by atoms with Crippen LogP contribution < -0.4 is 20.1 Å². The second kappa shape index (κ2) is 16.3. The van der Waals surface area contributed by atoms with E-state index in [0.717, 1.165) is 13.2 Å². The minimum Gasteiger partial charge on any atom is -0.465 e. The molecule has 0 saturated carbocycles. The van der Waals surface area contributed by atoms with Crippen molar-refractivity contribution in [2.45, 2.75) is 6.92 Å². The molecule has 0 fully saturated rings. The number of rotatable bonds is 8. The van der Waals surface area contributed by atoms with Crippen molar-refractivity contribution in [1.82, 2.24) is 0 Å². The smallest absolute Gasteiger partial charge is 0.417 e. The molecule has 0 atom stereocenters. The zero-order valence-corrected chi connectivity index (χ0v) is 24.8. The quantitative estimate of drug-likeness (QED) is 0.110. The fraction of sp³-hybridized carbons (Fsp3) is 0.100. The molecule has 4 aromatic carbocycles. The van der Waals surface area contributed by atoms with E-state index in [9.17, 15) is 24.5 Å². The van der Waals surface area contributed by atoms with Crippen LogP contribution >= 0.6 is 23.2 Å². The Labute approximate surface area is 261 Å². The predicted molar refractivity (Wildman–Crippen MR) is 164 cm³/mol. The lowest BCUT2D eigenvalue weighted by molar-refractivity contribution is -0.385. The third kappa shape index (κ3) is 10.2. The lowest BCUT2D eigenvalue weighted by atomic mass is 10.1. The number of nitro groups is 1. The maximum Gasteiger partial charge on any atom is 0.417 e. The summed E-state index contributed by atoms with van der Waals surface area (Å²) in [7, 11) is 1.13. The number of ether oxygens (including phenoxy) is 4. The SMILES string of the molecule is CCOC(=O)Nc1cccc(OC(=O)Nc2ccccc2)c1.COC(=O)c1cc(Oc2ccc(Cl)cc2Cl)ccc1[N+](=O)[O-]. The molecular formula is C30H25Cl2N3O9. The molecule has 0 aliphatic rings. The van der Waals surface area contributed by atoms with Crippen LogP contribution in [0.25, 0.3) is 0 Å². The van der Waals surface area contributed by atoms with Gasteiger partial charge in [-0.25, -0.2) is 14.4 Å². The average Bonchev–Trinajstić information content (AvgIpc) is 2.99. The monoisotopic (exact) mass is 641 g/mol. The molecule has 0 radical (unpaired) electrons. The maximum atomic E-state index is 11.8. The number of benzene rings is 4. The normalized spacial score (nSPS) is 9.91. The van der Waals surface area contributed by atoms with Crippen molar-refractivity contribution in [3.63, 3.8) is 0 Å². The lowest BCUT2D eigenvalue weighted by Crippen LogP contribution is -2.17. The Morgan fingerprint density at radius 1 is 0.818 bits per heavy atom. The fourth-order valence-corrected chi connectivity index (χ4v) is 3.84. The molecule has 0 unspecified atom stereocenters. The Hall–Kier alpha value is -5.33. The standard InChI is InChI=1S/C16H16N2O4.C14H9Cl2NO5/c1-2-21-15(19)18-13-9-6-10-14(11-13)22-16(20)17-12-7-4-3-5-8-12;1-21-14(18)10-7-9(3-4-12(10)17(19)20)22-13-5-2-8(15)6-11(13)16/h3-11H,2H2,1H3,(H,17,20)(H,18,19);2-7H,1H3. The van der Waals surface area contributed by atoms with Crippen LogP contribution in [0.4, 0.5) is 26.7 Å². The summed E-state index contributed by atoms with van der Waals surface area (Å²) < 4.78 is 20.0. The minimum atomic E-state index is -0.834. The highest BCUT2D eigenvalue weighted by Gasteiger charge is 2.22. The molecule has 228 valence electrons. The number of hydrogen-bond donors (Lipinski definition) is 2. The van der Waals surface area contributed by atoms with Crippen molar-refractivity contribution in [1.29, 1.82) is 0 Å². The summed E-state index contributed by atoms with van der Waals surface area (Å²) in [6.07, 6.45) is -1.17. The van der Waals surface area contributed by atoms with Crippen LogP contribution in [0.3, 0.4) is 0 Å². The van der Waals surface area contributed by atoms with Crippen molar-refractivity contribution >= 4 is 58.4 Å². The maximum absolute atomic E-state index is 11.8. The van der Waals surface area contributed by atoms with Crippen LogP contribution in [0.5, 0.6) is 17.2 Å². The van der Waals surface area contributed by atoms with Crippen LogP contribution in [0, 0.1) is 10.1 Å². The van der Waals surface area contributed by atoms with Gasteiger partial charge in [-0.2, -0.15) is 0 Å². The number of nitrogens with zero attached hydrogens (tertiary/aromatic N) is 1. The molecule has 12 nitrogen and oxygen atoms in total. The highest BCUT2D eigenvalue weighted by atomic mass is 35.5. The van der Waals surface area contributed by atoms with E-state index in [1.54, 1.807) is 61.5 Å². The lowest BCUT2D eigenvalue weighted by Gasteiger charge is -2.09. The van der Waals surface area contributed by atoms with Gasteiger partial charge in [0.1, 0.15) is 22.8 Å².